The molecule has 106 valence electrons. The second kappa shape index (κ2) is 5.06. The van der Waals surface area contributed by atoms with Crippen LogP contribution in [0, 0.1) is 5.82 Å². The molecule has 3 rings (SSSR count). The predicted molar refractivity (Wildman–Crippen MR) is 77.4 cm³/mol. The van der Waals surface area contributed by atoms with Gasteiger partial charge in [-0.2, -0.15) is 0 Å². The highest BCUT2D eigenvalue weighted by atomic mass is 35.5. The summed E-state index contributed by atoms with van der Waals surface area (Å²) in [5, 5.41) is 3.90. The van der Waals surface area contributed by atoms with E-state index in [0.717, 1.165) is 0 Å². The molecule has 0 saturated carbocycles. The predicted octanol–water partition coefficient (Wildman–Crippen LogP) is 3.07. The zero-order chi connectivity index (χ0) is 15.0. The van der Waals surface area contributed by atoms with Crippen LogP contribution in [-0.4, -0.2) is 10.1 Å². The fourth-order valence-corrected chi connectivity index (χ4v) is 2.27. The van der Waals surface area contributed by atoms with E-state index < -0.39 is 5.82 Å². The Kier molecular flexibility index (Phi) is 3.23. The van der Waals surface area contributed by atoms with E-state index in [0.29, 0.717) is 22.5 Å². The molecule has 7 heteroatoms. The minimum Gasteiger partial charge on any atom is -0.380 e. The number of aromatic nitrogens is 2. The standard InChI is InChI=1S/C14H9ClFN3O2/c15-10-5-8(16)2-3-9(10)12-13(21-19-14(12)17)7-1-4-11(20)18-6-7/h1-6H,(H2,17,19)(H,18,20). The molecule has 0 aliphatic heterocycles. The summed E-state index contributed by atoms with van der Waals surface area (Å²) in [6.07, 6.45) is 1.48. The van der Waals surface area contributed by atoms with Crippen molar-refractivity contribution in [1.29, 1.82) is 0 Å². The van der Waals surface area contributed by atoms with E-state index in [4.69, 9.17) is 21.9 Å². The van der Waals surface area contributed by atoms with Crippen molar-refractivity contribution >= 4 is 17.4 Å². The quantitative estimate of drug-likeness (QED) is 0.762. The first kappa shape index (κ1) is 13.4. The minimum atomic E-state index is -0.454. The Hall–Kier alpha value is -2.60. The molecular formula is C14H9ClFN3O2. The molecule has 0 bridgehead atoms. The number of halogens is 2. The average molecular weight is 306 g/mol. The Morgan fingerprint density at radius 3 is 2.76 bits per heavy atom. The van der Waals surface area contributed by atoms with Gasteiger partial charge < -0.3 is 15.2 Å². The molecule has 0 amide bonds. The fourth-order valence-electron chi connectivity index (χ4n) is 2.00. The molecule has 0 aliphatic carbocycles. The summed E-state index contributed by atoms with van der Waals surface area (Å²) in [6.45, 7) is 0. The zero-order valence-corrected chi connectivity index (χ0v) is 11.3. The number of nitrogens with zero attached hydrogens (tertiary/aromatic N) is 1. The van der Waals surface area contributed by atoms with Crippen molar-refractivity contribution in [3.63, 3.8) is 0 Å². The number of hydrogen-bond acceptors (Lipinski definition) is 4. The molecule has 2 aromatic heterocycles. The van der Waals surface area contributed by atoms with Gasteiger partial charge in [0, 0.05) is 23.4 Å². The van der Waals surface area contributed by atoms with Crippen LogP contribution in [0.25, 0.3) is 22.5 Å². The summed E-state index contributed by atoms with van der Waals surface area (Å²) in [4.78, 5) is 13.6. The number of anilines is 1. The first-order chi connectivity index (χ1) is 10.1. The molecular weight excluding hydrogens is 297 g/mol. The summed E-state index contributed by atoms with van der Waals surface area (Å²) in [5.41, 5.74) is 7.10. The van der Waals surface area contributed by atoms with Gasteiger partial charge in [-0.25, -0.2) is 4.39 Å². The first-order valence-corrected chi connectivity index (χ1v) is 6.34. The van der Waals surface area contributed by atoms with Gasteiger partial charge in [0.1, 0.15) is 5.82 Å². The summed E-state index contributed by atoms with van der Waals surface area (Å²) < 4.78 is 18.4. The fraction of sp³-hybridized carbons (Fsp3) is 0. The van der Waals surface area contributed by atoms with Gasteiger partial charge in [-0.05, 0) is 24.3 Å². The molecule has 0 atom stereocenters. The van der Waals surface area contributed by atoms with E-state index in [2.05, 4.69) is 10.1 Å². The zero-order valence-electron chi connectivity index (χ0n) is 10.6. The number of hydrogen-bond donors (Lipinski definition) is 2. The Balaban J connectivity index is 2.21. The van der Waals surface area contributed by atoms with Gasteiger partial charge in [0.25, 0.3) is 0 Å². The number of benzene rings is 1. The maximum atomic E-state index is 13.2. The van der Waals surface area contributed by atoms with Crippen molar-refractivity contribution in [2.24, 2.45) is 0 Å². The summed E-state index contributed by atoms with van der Waals surface area (Å²) in [5.74, 6) is 0.0198. The lowest BCUT2D eigenvalue weighted by Gasteiger charge is -2.05. The highest BCUT2D eigenvalue weighted by Crippen LogP contribution is 2.39. The Bertz CT molecular complexity index is 852. The summed E-state index contributed by atoms with van der Waals surface area (Å²) >= 11 is 6.05. The molecule has 1 aromatic carbocycles. The van der Waals surface area contributed by atoms with Crippen molar-refractivity contribution in [2.45, 2.75) is 0 Å². The van der Waals surface area contributed by atoms with Crippen molar-refractivity contribution in [1.82, 2.24) is 10.1 Å². The molecule has 2 heterocycles. The van der Waals surface area contributed by atoms with Gasteiger partial charge in [-0.15, -0.1) is 0 Å². The van der Waals surface area contributed by atoms with Crippen LogP contribution in [0.1, 0.15) is 0 Å². The third-order valence-electron chi connectivity index (χ3n) is 2.97. The van der Waals surface area contributed by atoms with Crippen LogP contribution in [0.5, 0.6) is 0 Å². The number of rotatable bonds is 2. The van der Waals surface area contributed by atoms with Crippen LogP contribution in [0.4, 0.5) is 10.2 Å². The maximum absolute atomic E-state index is 13.2. The molecule has 0 spiro atoms. The Morgan fingerprint density at radius 1 is 1.29 bits per heavy atom. The van der Waals surface area contributed by atoms with Crippen LogP contribution in [0.2, 0.25) is 5.02 Å². The van der Waals surface area contributed by atoms with Crippen LogP contribution >= 0.6 is 11.6 Å². The van der Waals surface area contributed by atoms with Crippen LogP contribution in [0.3, 0.4) is 0 Å². The molecule has 0 radical (unpaired) electrons. The van der Waals surface area contributed by atoms with Crippen molar-refractivity contribution in [2.75, 3.05) is 5.73 Å². The van der Waals surface area contributed by atoms with E-state index in [1.165, 1.54) is 30.5 Å². The lowest BCUT2D eigenvalue weighted by Crippen LogP contribution is -2.01. The number of nitrogens with two attached hydrogens (primary N) is 1. The first-order valence-electron chi connectivity index (χ1n) is 5.96. The molecule has 0 saturated heterocycles. The van der Waals surface area contributed by atoms with Gasteiger partial charge in [0.15, 0.2) is 11.6 Å². The highest BCUT2D eigenvalue weighted by Gasteiger charge is 2.20. The summed E-state index contributed by atoms with van der Waals surface area (Å²) in [6, 6.07) is 6.86. The second-order valence-corrected chi connectivity index (χ2v) is 4.74. The van der Waals surface area contributed by atoms with E-state index in [-0.39, 0.29) is 16.4 Å². The normalized spacial score (nSPS) is 10.8. The smallest absolute Gasteiger partial charge is 0.247 e. The van der Waals surface area contributed by atoms with Gasteiger partial charge in [0.2, 0.25) is 5.56 Å². The van der Waals surface area contributed by atoms with Crippen LogP contribution in [-0.2, 0) is 0 Å². The third-order valence-corrected chi connectivity index (χ3v) is 3.28. The van der Waals surface area contributed by atoms with Gasteiger partial charge in [-0.1, -0.05) is 16.8 Å². The van der Waals surface area contributed by atoms with E-state index in [9.17, 15) is 9.18 Å². The van der Waals surface area contributed by atoms with Gasteiger partial charge in [-0.3, -0.25) is 4.79 Å². The van der Waals surface area contributed by atoms with E-state index in [1.807, 2.05) is 0 Å². The number of H-pyrrole nitrogens is 1. The van der Waals surface area contributed by atoms with Crippen molar-refractivity contribution < 1.29 is 8.91 Å². The molecule has 0 fully saturated rings. The van der Waals surface area contributed by atoms with Crippen LogP contribution in [0.15, 0.2) is 45.8 Å². The molecule has 0 unspecified atom stereocenters. The van der Waals surface area contributed by atoms with E-state index in [1.54, 1.807) is 6.07 Å². The largest absolute Gasteiger partial charge is 0.380 e. The number of aromatic amines is 1. The Morgan fingerprint density at radius 2 is 2.10 bits per heavy atom. The highest BCUT2D eigenvalue weighted by molar-refractivity contribution is 6.33. The van der Waals surface area contributed by atoms with Gasteiger partial charge >= 0.3 is 0 Å². The lowest BCUT2D eigenvalue weighted by atomic mass is 10.0. The SMILES string of the molecule is Nc1noc(-c2ccc(=O)[nH]c2)c1-c1ccc(F)cc1Cl. The van der Waals surface area contributed by atoms with Crippen molar-refractivity contribution in [3.05, 3.63) is 57.7 Å². The monoisotopic (exact) mass is 305 g/mol. The number of nitrogens with one attached hydrogen (secondary N) is 1. The maximum Gasteiger partial charge on any atom is 0.247 e. The molecule has 0 aliphatic rings. The van der Waals surface area contributed by atoms with Gasteiger partial charge in [0.05, 0.1) is 10.6 Å². The third kappa shape index (κ3) is 2.41. The number of nitrogen functional groups attached to an aromatic ring is 1. The minimum absolute atomic E-state index is 0.129. The van der Waals surface area contributed by atoms with Crippen LogP contribution < -0.4 is 11.3 Å². The Labute approximate surface area is 123 Å². The molecule has 5 nitrogen and oxygen atoms in total. The van der Waals surface area contributed by atoms with E-state index >= 15 is 0 Å². The molecule has 3 aromatic rings. The average Bonchev–Trinajstić information content (AvgIpc) is 2.82. The summed E-state index contributed by atoms with van der Waals surface area (Å²) in [7, 11) is 0. The molecule has 3 N–H and O–H groups in total. The lowest BCUT2D eigenvalue weighted by molar-refractivity contribution is 0.436. The number of pyridine rings is 1. The molecule has 21 heavy (non-hydrogen) atoms. The second-order valence-electron chi connectivity index (χ2n) is 4.34. The van der Waals surface area contributed by atoms with Crippen molar-refractivity contribution in [3.8, 4) is 22.5 Å². The topological polar surface area (TPSA) is 84.9 Å².